The van der Waals surface area contributed by atoms with Crippen molar-refractivity contribution >= 4 is 11.6 Å². The Hall–Kier alpha value is -2.76. The molecule has 0 saturated heterocycles. The van der Waals surface area contributed by atoms with E-state index in [1.807, 2.05) is 30.3 Å². The summed E-state index contributed by atoms with van der Waals surface area (Å²) in [5.41, 5.74) is 3.71. The molecule has 0 spiro atoms. The molecule has 0 radical (unpaired) electrons. The van der Waals surface area contributed by atoms with Crippen LogP contribution in [-0.4, -0.2) is 21.8 Å². The molecular formula is C13H12N4O2. The molecule has 0 unspecified atom stereocenters. The number of aromatic amines is 1. The van der Waals surface area contributed by atoms with Gasteiger partial charge >= 0.3 is 0 Å². The summed E-state index contributed by atoms with van der Waals surface area (Å²) in [6.07, 6.45) is 0. The lowest BCUT2D eigenvalue weighted by Crippen LogP contribution is -2.22. The van der Waals surface area contributed by atoms with Crippen molar-refractivity contribution in [3.05, 3.63) is 64.1 Å². The number of carbonyl (C=O) groups excluding carboxylic acids is 1. The van der Waals surface area contributed by atoms with E-state index in [9.17, 15) is 9.59 Å². The highest BCUT2D eigenvalue weighted by atomic mass is 16.2. The molecule has 6 heteroatoms. The zero-order valence-corrected chi connectivity index (χ0v) is 10.3. The van der Waals surface area contributed by atoms with Crippen LogP contribution in [0.15, 0.2) is 52.4 Å². The van der Waals surface area contributed by atoms with Gasteiger partial charge < -0.3 is 0 Å². The van der Waals surface area contributed by atoms with Gasteiger partial charge in [-0.2, -0.15) is 10.2 Å². The van der Waals surface area contributed by atoms with Crippen molar-refractivity contribution in [3.63, 3.8) is 0 Å². The van der Waals surface area contributed by atoms with Crippen LogP contribution in [0.25, 0.3) is 0 Å². The van der Waals surface area contributed by atoms with Crippen LogP contribution in [0.1, 0.15) is 23.0 Å². The molecule has 0 fully saturated rings. The van der Waals surface area contributed by atoms with Gasteiger partial charge in [-0.1, -0.05) is 30.3 Å². The lowest BCUT2D eigenvalue weighted by Gasteiger charge is -2.01. The first kappa shape index (κ1) is 12.7. The Bertz CT molecular complexity index is 641. The molecule has 2 rings (SSSR count). The van der Waals surface area contributed by atoms with Crippen LogP contribution in [0.3, 0.4) is 0 Å². The topological polar surface area (TPSA) is 87.2 Å². The van der Waals surface area contributed by atoms with Gasteiger partial charge in [0, 0.05) is 6.07 Å². The predicted molar refractivity (Wildman–Crippen MR) is 71.0 cm³/mol. The Morgan fingerprint density at radius 1 is 1.21 bits per heavy atom. The summed E-state index contributed by atoms with van der Waals surface area (Å²) in [4.78, 5) is 22.5. The third-order valence-corrected chi connectivity index (χ3v) is 2.43. The lowest BCUT2D eigenvalue weighted by molar-refractivity contribution is 0.0948. The summed E-state index contributed by atoms with van der Waals surface area (Å²) in [7, 11) is 0. The molecule has 6 nitrogen and oxygen atoms in total. The van der Waals surface area contributed by atoms with Crippen molar-refractivity contribution in [2.24, 2.45) is 5.10 Å². The molecule has 0 bridgehead atoms. The molecule has 1 aromatic heterocycles. The number of hydrogen-bond acceptors (Lipinski definition) is 4. The van der Waals surface area contributed by atoms with Crippen molar-refractivity contribution in [1.29, 1.82) is 0 Å². The van der Waals surface area contributed by atoms with E-state index in [-0.39, 0.29) is 11.3 Å². The van der Waals surface area contributed by atoms with E-state index in [4.69, 9.17) is 0 Å². The highest BCUT2D eigenvalue weighted by molar-refractivity contribution is 6.00. The van der Waals surface area contributed by atoms with Crippen molar-refractivity contribution in [2.75, 3.05) is 0 Å². The summed E-state index contributed by atoms with van der Waals surface area (Å²) < 4.78 is 0. The van der Waals surface area contributed by atoms with E-state index in [2.05, 4.69) is 20.7 Å². The molecule has 0 aliphatic carbocycles. The van der Waals surface area contributed by atoms with Crippen LogP contribution in [0.2, 0.25) is 0 Å². The number of amides is 1. The SMILES string of the molecule is C/C(=N\NC(=O)c1ccc(=O)[nH]n1)c1ccccc1. The lowest BCUT2D eigenvalue weighted by atomic mass is 10.1. The van der Waals surface area contributed by atoms with E-state index < -0.39 is 5.91 Å². The highest BCUT2D eigenvalue weighted by Crippen LogP contribution is 2.00. The van der Waals surface area contributed by atoms with Gasteiger partial charge in [0.25, 0.3) is 11.5 Å². The van der Waals surface area contributed by atoms with Crippen molar-refractivity contribution in [2.45, 2.75) is 6.92 Å². The maximum absolute atomic E-state index is 11.7. The number of carbonyl (C=O) groups is 1. The molecule has 0 aliphatic heterocycles. The normalized spacial score (nSPS) is 11.1. The summed E-state index contributed by atoms with van der Waals surface area (Å²) in [5.74, 6) is -0.480. The van der Waals surface area contributed by atoms with Crippen LogP contribution in [0, 0.1) is 0 Å². The predicted octanol–water partition coefficient (Wildman–Crippen LogP) is 0.924. The van der Waals surface area contributed by atoms with Crippen LogP contribution < -0.4 is 11.0 Å². The fourth-order valence-electron chi connectivity index (χ4n) is 1.41. The van der Waals surface area contributed by atoms with Crippen LogP contribution in [0.5, 0.6) is 0 Å². The third kappa shape index (κ3) is 3.35. The van der Waals surface area contributed by atoms with Gasteiger partial charge in [-0.05, 0) is 18.6 Å². The minimum Gasteiger partial charge on any atom is -0.268 e. The first-order valence-electron chi connectivity index (χ1n) is 5.62. The minimum atomic E-state index is -0.480. The van der Waals surface area contributed by atoms with E-state index in [1.165, 1.54) is 12.1 Å². The zero-order valence-electron chi connectivity index (χ0n) is 10.3. The van der Waals surface area contributed by atoms with Gasteiger partial charge in [0.15, 0.2) is 5.69 Å². The first-order valence-corrected chi connectivity index (χ1v) is 5.62. The maximum atomic E-state index is 11.7. The Labute approximate surface area is 109 Å². The fourth-order valence-corrected chi connectivity index (χ4v) is 1.41. The largest absolute Gasteiger partial charge is 0.291 e. The Morgan fingerprint density at radius 2 is 1.95 bits per heavy atom. The standard InChI is InChI=1S/C13H12N4O2/c1-9(10-5-3-2-4-6-10)14-17-13(19)11-7-8-12(18)16-15-11/h2-8H,1H3,(H,16,18)(H,17,19)/b14-9+. The number of rotatable bonds is 3. The first-order chi connectivity index (χ1) is 9.16. The molecule has 1 aromatic carbocycles. The number of aromatic nitrogens is 2. The molecule has 19 heavy (non-hydrogen) atoms. The highest BCUT2D eigenvalue weighted by Gasteiger charge is 2.06. The number of H-pyrrole nitrogens is 1. The van der Waals surface area contributed by atoms with Crippen LogP contribution in [-0.2, 0) is 0 Å². The Balaban J connectivity index is 2.08. The van der Waals surface area contributed by atoms with E-state index >= 15 is 0 Å². The number of nitrogens with zero attached hydrogens (tertiary/aromatic N) is 2. The number of benzene rings is 1. The molecule has 96 valence electrons. The number of hydrazone groups is 1. The molecule has 0 atom stereocenters. The molecule has 2 N–H and O–H groups in total. The van der Waals surface area contributed by atoms with Gasteiger partial charge in [0.1, 0.15) is 0 Å². The van der Waals surface area contributed by atoms with E-state index in [1.54, 1.807) is 6.92 Å². The zero-order chi connectivity index (χ0) is 13.7. The average molecular weight is 256 g/mol. The molecule has 0 saturated carbocycles. The summed E-state index contributed by atoms with van der Waals surface area (Å²) in [5, 5.41) is 9.77. The van der Waals surface area contributed by atoms with E-state index in [0.29, 0.717) is 5.71 Å². The molecule has 0 aliphatic rings. The average Bonchev–Trinajstić information content (AvgIpc) is 2.46. The Kier molecular flexibility index (Phi) is 3.82. The van der Waals surface area contributed by atoms with Gasteiger partial charge in [0.05, 0.1) is 5.71 Å². The van der Waals surface area contributed by atoms with Gasteiger partial charge in [0.2, 0.25) is 0 Å². The second kappa shape index (κ2) is 5.72. The summed E-state index contributed by atoms with van der Waals surface area (Å²) in [6, 6.07) is 12.0. The van der Waals surface area contributed by atoms with Crippen LogP contribution >= 0.6 is 0 Å². The summed E-state index contributed by atoms with van der Waals surface area (Å²) >= 11 is 0. The fraction of sp³-hybridized carbons (Fsp3) is 0.0769. The molecular weight excluding hydrogens is 244 g/mol. The third-order valence-electron chi connectivity index (χ3n) is 2.43. The van der Waals surface area contributed by atoms with Crippen LogP contribution in [0.4, 0.5) is 0 Å². The van der Waals surface area contributed by atoms with Gasteiger partial charge in [-0.15, -0.1) is 0 Å². The van der Waals surface area contributed by atoms with Gasteiger partial charge in [-0.3, -0.25) is 9.59 Å². The minimum absolute atomic E-state index is 0.101. The second-order valence-electron chi connectivity index (χ2n) is 3.81. The second-order valence-corrected chi connectivity index (χ2v) is 3.81. The monoisotopic (exact) mass is 256 g/mol. The van der Waals surface area contributed by atoms with Crippen molar-refractivity contribution in [3.8, 4) is 0 Å². The molecule has 1 heterocycles. The maximum Gasteiger partial charge on any atom is 0.291 e. The molecule has 2 aromatic rings. The van der Waals surface area contributed by atoms with Gasteiger partial charge in [-0.25, -0.2) is 10.5 Å². The van der Waals surface area contributed by atoms with Crippen molar-refractivity contribution in [1.82, 2.24) is 15.6 Å². The smallest absolute Gasteiger partial charge is 0.268 e. The summed E-state index contributed by atoms with van der Waals surface area (Å²) in [6.45, 7) is 1.79. The quantitative estimate of drug-likeness (QED) is 0.632. The van der Waals surface area contributed by atoms with Crippen molar-refractivity contribution < 1.29 is 4.79 Å². The number of nitrogens with one attached hydrogen (secondary N) is 2. The molecule has 1 amide bonds. The van der Waals surface area contributed by atoms with E-state index in [0.717, 1.165) is 5.56 Å². The Morgan fingerprint density at radius 3 is 2.58 bits per heavy atom. The number of hydrogen-bond donors (Lipinski definition) is 2.